The van der Waals surface area contributed by atoms with E-state index in [1.165, 1.54) is 0 Å². The second kappa shape index (κ2) is 4.71. The Hall–Kier alpha value is -1.67. The first kappa shape index (κ1) is 9.87. The van der Waals surface area contributed by atoms with Crippen molar-refractivity contribution >= 4 is 23.8 Å². The van der Waals surface area contributed by atoms with Gasteiger partial charge in [0.25, 0.3) is 0 Å². The van der Waals surface area contributed by atoms with Crippen LogP contribution in [-0.4, -0.2) is 10.2 Å². The lowest BCUT2D eigenvalue weighted by atomic mass is 10.2. The van der Waals surface area contributed by atoms with Crippen molar-refractivity contribution in [2.45, 2.75) is 0 Å². The Kier molecular flexibility index (Phi) is 3.10. The number of hydrogen-bond donors (Lipinski definition) is 0. The number of nitrogens with zero attached hydrogens (tertiary/aromatic N) is 2. The van der Waals surface area contributed by atoms with Crippen molar-refractivity contribution in [3.8, 4) is 0 Å². The molecule has 0 unspecified atom stereocenters. The van der Waals surface area contributed by atoms with Crippen LogP contribution in [-0.2, 0) is 0 Å². The van der Waals surface area contributed by atoms with Crippen LogP contribution < -0.4 is 0 Å². The zero-order valence-electron chi connectivity index (χ0n) is 7.97. The predicted molar refractivity (Wildman–Crippen MR) is 62.4 cm³/mol. The third-order valence-electron chi connectivity index (χ3n) is 1.97. The van der Waals surface area contributed by atoms with Crippen LogP contribution in [0.5, 0.6) is 0 Å². The van der Waals surface area contributed by atoms with E-state index in [0.717, 1.165) is 16.1 Å². The highest BCUT2D eigenvalue weighted by Gasteiger charge is 1.93. The van der Waals surface area contributed by atoms with E-state index in [1.807, 2.05) is 42.5 Å². The van der Waals surface area contributed by atoms with Crippen molar-refractivity contribution in [1.82, 2.24) is 10.2 Å². The van der Waals surface area contributed by atoms with Crippen LogP contribution in [0, 0.1) is 0 Å². The average molecular weight is 217 g/mol. The molecule has 0 aliphatic rings. The maximum absolute atomic E-state index is 6.01. The van der Waals surface area contributed by atoms with Crippen molar-refractivity contribution in [1.29, 1.82) is 0 Å². The molecule has 2 aromatic rings. The van der Waals surface area contributed by atoms with E-state index >= 15 is 0 Å². The lowest BCUT2D eigenvalue weighted by Crippen LogP contribution is -1.79. The lowest BCUT2D eigenvalue weighted by molar-refractivity contribution is 1.03. The highest BCUT2D eigenvalue weighted by molar-refractivity contribution is 6.32. The summed E-state index contributed by atoms with van der Waals surface area (Å²) in [5.74, 6) is 0. The highest BCUT2D eigenvalue weighted by Crippen LogP contribution is 2.17. The molecule has 0 fully saturated rings. The highest BCUT2D eigenvalue weighted by atomic mass is 35.5. The molecule has 0 spiro atoms. The summed E-state index contributed by atoms with van der Waals surface area (Å²) in [6, 6.07) is 9.59. The number of rotatable bonds is 2. The molecule has 1 heterocycles. The second-order valence-electron chi connectivity index (χ2n) is 3.03. The summed E-state index contributed by atoms with van der Waals surface area (Å²) < 4.78 is 0. The van der Waals surface area contributed by atoms with E-state index in [9.17, 15) is 0 Å². The van der Waals surface area contributed by atoms with Crippen LogP contribution in [0.1, 0.15) is 11.1 Å². The maximum Gasteiger partial charge on any atom is 0.0568 e. The van der Waals surface area contributed by atoms with E-state index in [-0.39, 0.29) is 0 Å². The third kappa shape index (κ3) is 2.64. The van der Waals surface area contributed by atoms with Crippen LogP contribution in [0.2, 0.25) is 5.02 Å². The number of aromatic nitrogens is 2. The molecule has 0 amide bonds. The van der Waals surface area contributed by atoms with Gasteiger partial charge in [0.15, 0.2) is 0 Å². The number of halogens is 1. The van der Waals surface area contributed by atoms with E-state index in [0.29, 0.717) is 0 Å². The fourth-order valence-corrected chi connectivity index (χ4v) is 1.39. The normalized spacial score (nSPS) is 10.7. The molecule has 0 bridgehead atoms. The lowest BCUT2D eigenvalue weighted by Gasteiger charge is -1.96. The van der Waals surface area contributed by atoms with Crippen LogP contribution in [0.3, 0.4) is 0 Å². The van der Waals surface area contributed by atoms with E-state index in [4.69, 9.17) is 11.6 Å². The quantitative estimate of drug-likeness (QED) is 0.770. The fourth-order valence-electron chi connectivity index (χ4n) is 1.20. The van der Waals surface area contributed by atoms with E-state index < -0.39 is 0 Å². The molecule has 0 saturated carbocycles. The molecule has 74 valence electrons. The summed E-state index contributed by atoms with van der Waals surface area (Å²) in [4.78, 5) is 0. The summed E-state index contributed by atoms with van der Waals surface area (Å²) in [5, 5.41) is 8.24. The Morgan fingerprint density at radius 1 is 1.00 bits per heavy atom. The molecular formula is C12H9ClN2. The summed E-state index contributed by atoms with van der Waals surface area (Å²) in [5.41, 5.74) is 2.00. The molecule has 0 aliphatic heterocycles. The molecule has 1 aromatic heterocycles. The molecule has 0 N–H and O–H groups in total. The summed E-state index contributed by atoms with van der Waals surface area (Å²) in [7, 11) is 0. The molecule has 0 aliphatic carbocycles. The van der Waals surface area contributed by atoms with Crippen LogP contribution >= 0.6 is 11.6 Å². The van der Waals surface area contributed by atoms with Crippen LogP contribution in [0.25, 0.3) is 12.2 Å². The van der Waals surface area contributed by atoms with Gasteiger partial charge in [-0.15, -0.1) is 0 Å². The van der Waals surface area contributed by atoms with Crippen molar-refractivity contribution in [2.24, 2.45) is 0 Å². The van der Waals surface area contributed by atoms with E-state index in [2.05, 4.69) is 10.2 Å². The summed E-state index contributed by atoms with van der Waals surface area (Å²) in [6.07, 6.45) is 7.27. The average Bonchev–Trinajstić information content (AvgIpc) is 2.29. The standard InChI is InChI=1S/C12H9ClN2/c13-12-4-2-1-3-11(12)6-5-10-7-8-14-15-9-10/h1-9H/b6-5+. The van der Waals surface area contributed by atoms with Crippen LogP contribution in [0.4, 0.5) is 0 Å². The molecule has 0 saturated heterocycles. The van der Waals surface area contributed by atoms with Gasteiger partial charge in [0.2, 0.25) is 0 Å². The molecule has 15 heavy (non-hydrogen) atoms. The van der Waals surface area contributed by atoms with Crippen molar-refractivity contribution < 1.29 is 0 Å². The third-order valence-corrected chi connectivity index (χ3v) is 2.31. The largest absolute Gasteiger partial charge is 0.159 e. The molecule has 1 aromatic carbocycles. The number of benzene rings is 1. The van der Waals surface area contributed by atoms with Gasteiger partial charge in [0, 0.05) is 5.02 Å². The minimum absolute atomic E-state index is 0.746. The molecular weight excluding hydrogens is 208 g/mol. The Morgan fingerprint density at radius 2 is 1.87 bits per heavy atom. The van der Waals surface area contributed by atoms with Gasteiger partial charge in [-0.2, -0.15) is 10.2 Å². The Bertz CT molecular complexity index is 466. The molecule has 2 rings (SSSR count). The van der Waals surface area contributed by atoms with Gasteiger partial charge in [-0.05, 0) is 23.3 Å². The first-order chi connectivity index (χ1) is 7.36. The topological polar surface area (TPSA) is 25.8 Å². The first-order valence-electron chi connectivity index (χ1n) is 4.55. The second-order valence-corrected chi connectivity index (χ2v) is 3.44. The van der Waals surface area contributed by atoms with Crippen molar-refractivity contribution in [3.05, 3.63) is 58.9 Å². The molecule has 0 radical (unpaired) electrons. The number of hydrogen-bond acceptors (Lipinski definition) is 2. The molecule has 2 nitrogen and oxygen atoms in total. The smallest absolute Gasteiger partial charge is 0.0568 e. The Balaban J connectivity index is 2.23. The van der Waals surface area contributed by atoms with Gasteiger partial charge < -0.3 is 0 Å². The zero-order chi connectivity index (χ0) is 10.5. The zero-order valence-corrected chi connectivity index (χ0v) is 8.72. The Labute approximate surface area is 93.2 Å². The van der Waals surface area contributed by atoms with Gasteiger partial charge in [0.05, 0.1) is 12.4 Å². The summed E-state index contributed by atoms with van der Waals surface area (Å²) >= 11 is 6.01. The van der Waals surface area contributed by atoms with Gasteiger partial charge >= 0.3 is 0 Å². The molecule has 0 atom stereocenters. The first-order valence-corrected chi connectivity index (χ1v) is 4.93. The minimum Gasteiger partial charge on any atom is -0.159 e. The van der Waals surface area contributed by atoms with Crippen LogP contribution in [0.15, 0.2) is 42.7 Å². The summed E-state index contributed by atoms with van der Waals surface area (Å²) in [6.45, 7) is 0. The minimum atomic E-state index is 0.746. The maximum atomic E-state index is 6.01. The van der Waals surface area contributed by atoms with Crippen molar-refractivity contribution in [3.63, 3.8) is 0 Å². The predicted octanol–water partition coefficient (Wildman–Crippen LogP) is 3.30. The van der Waals surface area contributed by atoms with Gasteiger partial charge in [-0.1, -0.05) is 42.0 Å². The van der Waals surface area contributed by atoms with E-state index in [1.54, 1.807) is 12.4 Å². The monoisotopic (exact) mass is 216 g/mol. The van der Waals surface area contributed by atoms with Crippen molar-refractivity contribution in [2.75, 3.05) is 0 Å². The Morgan fingerprint density at radius 3 is 2.60 bits per heavy atom. The fraction of sp³-hybridized carbons (Fsp3) is 0. The SMILES string of the molecule is Clc1ccccc1/C=C/c1ccnnc1. The van der Waals surface area contributed by atoms with Gasteiger partial charge in [0.1, 0.15) is 0 Å². The van der Waals surface area contributed by atoms with Gasteiger partial charge in [-0.25, -0.2) is 0 Å². The van der Waals surface area contributed by atoms with Gasteiger partial charge in [-0.3, -0.25) is 0 Å². The molecule has 3 heteroatoms.